The lowest BCUT2D eigenvalue weighted by Crippen LogP contribution is -2.60. The van der Waals surface area contributed by atoms with E-state index in [-0.39, 0.29) is 5.04 Å². The molecule has 1 aliphatic rings. The minimum absolute atomic E-state index is 0.0799. The highest BCUT2D eigenvalue weighted by Gasteiger charge is 2.45. The molecule has 0 unspecified atom stereocenters. The standard InChI is InChI=1S/C22H29ClN2O4Si/c1-21(2,3)30(5,6)29-16-7-8-17(18(23)12-16)22(27)13-25(14-22)19-11-15(9-10-24-19)20(26)28-4/h7-12,27H,13-14H2,1-6H3. The Hall–Kier alpha value is -2.09. The molecule has 30 heavy (non-hydrogen) atoms. The second-order valence-corrected chi connectivity index (χ2v) is 14.4. The first-order valence-corrected chi connectivity index (χ1v) is 13.2. The van der Waals surface area contributed by atoms with E-state index in [1.807, 2.05) is 17.0 Å². The van der Waals surface area contributed by atoms with Crippen molar-refractivity contribution in [3.05, 3.63) is 52.7 Å². The molecule has 1 aliphatic heterocycles. The van der Waals surface area contributed by atoms with Gasteiger partial charge in [0.15, 0.2) is 0 Å². The van der Waals surface area contributed by atoms with Gasteiger partial charge in [0.05, 0.1) is 30.8 Å². The van der Waals surface area contributed by atoms with Gasteiger partial charge < -0.3 is 19.2 Å². The van der Waals surface area contributed by atoms with Crippen LogP contribution in [0, 0.1) is 0 Å². The third kappa shape index (κ3) is 4.33. The third-order valence-electron chi connectivity index (χ3n) is 6.02. The molecule has 0 radical (unpaired) electrons. The van der Waals surface area contributed by atoms with Gasteiger partial charge in [-0.3, -0.25) is 0 Å². The maximum Gasteiger partial charge on any atom is 0.338 e. The van der Waals surface area contributed by atoms with Crippen LogP contribution >= 0.6 is 11.6 Å². The first-order chi connectivity index (χ1) is 13.9. The number of nitrogens with zero attached hydrogens (tertiary/aromatic N) is 2. The summed E-state index contributed by atoms with van der Waals surface area (Å²) in [5.74, 6) is 0.911. The molecule has 0 atom stereocenters. The molecular formula is C22H29ClN2O4Si. The molecule has 6 nitrogen and oxygen atoms in total. The molecule has 1 saturated heterocycles. The fourth-order valence-corrected chi connectivity index (χ4v) is 4.51. The van der Waals surface area contributed by atoms with E-state index >= 15 is 0 Å². The number of carbonyl (C=O) groups is 1. The second-order valence-electron chi connectivity index (χ2n) is 9.29. The van der Waals surface area contributed by atoms with E-state index in [4.69, 9.17) is 20.8 Å². The summed E-state index contributed by atoms with van der Waals surface area (Å²) in [7, 11) is -0.636. The Bertz CT molecular complexity index is 952. The van der Waals surface area contributed by atoms with Gasteiger partial charge in [0.1, 0.15) is 17.2 Å². The third-order valence-corrected chi connectivity index (χ3v) is 10.7. The molecular weight excluding hydrogens is 420 g/mol. The normalized spacial score (nSPS) is 16.1. The van der Waals surface area contributed by atoms with E-state index in [1.54, 1.807) is 24.4 Å². The number of anilines is 1. The highest BCUT2D eigenvalue weighted by atomic mass is 35.5. The van der Waals surface area contributed by atoms with E-state index < -0.39 is 19.9 Å². The molecule has 1 aromatic carbocycles. The number of hydrogen-bond donors (Lipinski definition) is 1. The number of esters is 1. The van der Waals surface area contributed by atoms with Crippen molar-refractivity contribution in [3.8, 4) is 5.75 Å². The molecule has 1 aromatic heterocycles. The van der Waals surface area contributed by atoms with Crippen LogP contribution in [-0.4, -0.2) is 44.6 Å². The molecule has 0 saturated carbocycles. The average molecular weight is 449 g/mol. The van der Waals surface area contributed by atoms with Crippen molar-refractivity contribution in [1.29, 1.82) is 0 Å². The van der Waals surface area contributed by atoms with Crippen LogP contribution in [0.4, 0.5) is 5.82 Å². The molecule has 3 rings (SSSR count). The first-order valence-electron chi connectivity index (χ1n) is 9.87. The van der Waals surface area contributed by atoms with Crippen molar-refractivity contribution >= 4 is 31.7 Å². The van der Waals surface area contributed by atoms with Crippen LogP contribution in [-0.2, 0) is 10.3 Å². The highest BCUT2D eigenvalue weighted by Crippen LogP contribution is 2.41. The number of carbonyl (C=O) groups excluding carboxylic acids is 1. The van der Waals surface area contributed by atoms with Gasteiger partial charge >= 0.3 is 5.97 Å². The van der Waals surface area contributed by atoms with Crippen LogP contribution in [0.25, 0.3) is 0 Å². The van der Waals surface area contributed by atoms with E-state index in [1.165, 1.54) is 7.11 Å². The minimum atomic E-state index is -1.97. The Morgan fingerprint density at radius 2 is 1.90 bits per heavy atom. The predicted molar refractivity (Wildman–Crippen MR) is 121 cm³/mol. The smallest absolute Gasteiger partial charge is 0.338 e. The largest absolute Gasteiger partial charge is 0.543 e. The summed E-state index contributed by atoms with van der Waals surface area (Å²) in [6.45, 7) is 11.6. The first kappa shape index (κ1) is 22.6. The van der Waals surface area contributed by atoms with Gasteiger partial charge in [-0.2, -0.15) is 0 Å². The fourth-order valence-electron chi connectivity index (χ4n) is 3.14. The van der Waals surface area contributed by atoms with Crippen LogP contribution in [0.2, 0.25) is 23.2 Å². The van der Waals surface area contributed by atoms with E-state index in [9.17, 15) is 9.90 Å². The van der Waals surface area contributed by atoms with Gasteiger partial charge in [0.25, 0.3) is 0 Å². The van der Waals surface area contributed by atoms with Gasteiger partial charge in [-0.25, -0.2) is 9.78 Å². The summed E-state index contributed by atoms with van der Waals surface area (Å²) >= 11 is 6.53. The predicted octanol–water partition coefficient (Wildman–Crippen LogP) is 4.61. The van der Waals surface area contributed by atoms with Crippen molar-refractivity contribution < 1.29 is 19.1 Å². The van der Waals surface area contributed by atoms with Crippen LogP contribution < -0.4 is 9.33 Å². The van der Waals surface area contributed by atoms with Crippen LogP contribution in [0.15, 0.2) is 36.5 Å². The lowest BCUT2D eigenvalue weighted by atomic mass is 9.86. The molecule has 0 amide bonds. The number of pyridine rings is 1. The van der Waals surface area contributed by atoms with Crippen molar-refractivity contribution in [1.82, 2.24) is 4.98 Å². The average Bonchev–Trinajstić information content (AvgIpc) is 2.64. The van der Waals surface area contributed by atoms with Gasteiger partial charge in [0, 0.05) is 11.8 Å². The van der Waals surface area contributed by atoms with Gasteiger partial charge in [0.2, 0.25) is 8.32 Å². The van der Waals surface area contributed by atoms with Crippen molar-refractivity contribution in [3.63, 3.8) is 0 Å². The monoisotopic (exact) mass is 448 g/mol. The van der Waals surface area contributed by atoms with Crippen molar-refractivity contribution in [2.24, 2.45) is 0 Å². The lowest BCUT2D eigenvalue weighted by Gasteiger charge is -2.47. The van der Waals surface area contributed by atoms with Crippen LogP contribution in [0.1, 0.15) is 36.7 Å². The second kappa shape index (κ2) is 7.87. The Kier molecular flexibility index (Phi) is 5.92. The summed E-state index contributed by atoms with van der Waals surface area (Å²) < 4.78 is 11.1. The summed E-state index contributed by atoms with van der Waals surface area (Å²) in [6, 6.07) is 8.75. The van der Waals surface area contributed by atoms with Crippen LogP contribution in [0.3, 0.4) is 0 Å². The zero-order chi connectivity index (χ0) is 22.3. The van der Waals surface area contributed by atoms with Crippen molar-refractivity contribution in [2.75, 3.05) is 25.1 Å². The zero-order valence-electron chi connectivity index (χ0n) is 18.3. The molecule has 0 aliphatic carbocycles. The Morgan fingerprint density at radius 3 is 2.47 bits per heavy atom. The minimum Gasteiger partial charge on any atom is -0.543 e. The number of aromatic nitrogens is 1. The van der Waals surface area contributed by atoms with E-state index in [0.717, 1.165) is 5.75 Å². The highest BCUT2D eigenvalue weighted by molar-refractivity contribution is 6.74. The number of hydrogen-bond acceptors (Lipinski definition) is 6. The number of benzene rings is 1. The maximum atomic E-state index is 11.7. The van der Waals surface area contributed by atoms with Crippen molar-refractivity contribution in [2.45, 2.75) is 44.5 Å². The molecule has 0 bridgehead atoms. The summed E-state index contributed by atoms with van der Waals surface area (Å²) in [5.41, 5.74) is -0.00885. The Labute approximate surface area is 183 Å². The van der Waals surface area contributed by atoms with Gasteiger partial charge in [-0.1, -0.05) is 38.4 Å². The van der Waals surface area contributed by atoms with E-state index in [2.05, 4.69) is 38.8 Å². The number of methoxy groups -OCH3 is 1. The molecule has 1 N–H and O–H groups in total. The number of halogens is 1. The lowest BCUT2D eigenvalue weighted by molar-refractivity contribution is 0.00714. The molecule has 1 fully saturated rings. The molecule has 162 valence electrons. The van der Waals surface area contributed by atoms with Gasteiger partial charge in [-0.15, -0.1) is 0 Å². The Morgan fingerprint density at radius 1 is 1.23 bits per heavy atom. The number of aliphatic hydroxyl groups is 1. The number of ether oxygens (including phenoxy) is 1. The SMILES string of the molecule is COC(=O)c1ccnc(N2CC(O)(c3ccc(O[Si](C)(C)C(C)(C)C)cc3Cl)C2)c1. The van der Waals surface area contributed by atoms with Crippen LogP contribution in [0.5, 0.6) is 5.75 Å². The topological polar surface area (TPSA) is 71.9 Å². The quantitative estimate of drug-likeness (QED) is 0.531. The Balaban J connectivity index is 1.74. The zero-order valence-corrected chi connectivity index (χ0v) is 20.1. The van der Waals surface area contributed by atoms with E-state index in [0.29, 0.717) is 35.1 Å². The summed E-state index contributed by atoms with van der Waals surface area (Å²) in [5, 5.41) is 11.7. The summed E-state index contributed by atoms with van der Waals surface area (Å²) in [4.78, 5) is 17.9. The fraction of sp³-hybridized carbons (Fsp3) is 0.455. The number of rotatable bonds is 5. The molecule has 2 heterocycles. The maximum absolute atomic E-state index is 11.7. The molecule has 8 heteroatoms. The van der Waals surface area contributed by atoms with Gasteiger partial charge in [-0.05, 0) is 42.4 Å². The summed E-state index contributed by atoms with van der Waals surface area (Å²) in [6.07, 6.45) is 1.55. The number of β-amino-alcohol motifs (C(OH)–C–C–N with tert-alkyl or cyclic N) is 1. The molecule has 2 aromatic rings. The molecule has 0 spiro atoms.